The molecule has 3 heterocycles. The van der Waals surface area contributed by atoms with E-state index in [0.29, 0.717) is 67.2 Å². The van der Waals surface area contributed by atoms with E-state index in [1.807, 2.05) is 0 Å². The van der Waals surface area contributed by atoms with Crippen molar-refractivity contribution in [2.24, 2.45) is 5.92 Å². The molecule has 1 saturated heterocycles. The highest BCUT2D eigenvalue weighted by Gasteiger charge is 2.27. The predicted molar refractivity (Wildman–Crippen MR) is 111 cm³/mol. The number of carbonyl (C=O) groups is 2. The monoisotopic (exact) mass is 431 g/mol. The van der Waals surface area contributed by atoms with E-state index in [-0.39, 0.29) is 17.7 Å². The number of likely N-dealkylation sites (tertiary alicyclic amines) is 1. The van der Waals surface area contributed by atoms with Gasteiger partial charge in [0.15, 0.2) is 17.3 Å². The summed E-state index contributed by atoms with van der Waals surface area (Å²) in [5.41, 5.74) is 0.759. The van der Waals surface area contributed by atoms with Crippen LogP contribution in [0.3, 0.4) is 0 Å². The lowest BCUT2D eigenvalue weighted by atomic mass is 9.96. The highest BCUT2D eigenvalue weighted by atomic mass is 35.5. The Hall–Kier alpha value is -3.00. The van der Waals surface area contributed by atoms with Crippen molar-refractivity contribution in [2.45, 2.75) is 19.8 Å². The van der Waals surface area contributed by atoms with Crippen LogP contribution in [0.5, 0.6) is 11.5 Å². The van der Waals surface area contributed by atoms with E-state index < -0.39 is 0 Å². The third kappa shape index (κ3) is 4.59. The highest BCUT2D eigenvalue weighted by molar-refractivity contribution is 6.32. The Morgan fingerprint density at radius 1 is 1.20 bits per heavy atom. The number of aromatic nitrogens is 1. The number of benzene rings is 1. The number of fused-ring (bicyclic) bond motifs is 1. The normalized spacial score (nSPS) is 16.7. The summed E-state index contributed by atoms with van der Waals surface area (Å²) in [6.45, 7) is 3.72. The third-order valence-corrected chi connectivity index (χ3v) is 5.37. The largest absolute Gasteiger partial charge is 0.486 e. The van der Waals surface area contributed by atoms with Gasteiger partial charge in [-0.05, 0) is 43.5 Å². The molecule has 0 aliphatic carbocycles. The minimum absolute atomic E-state index is 0.100. The summed E-state index contributed by atoms with van der Waals surface area (Å²) in [4.78, 5) is 26.6. The summed E-state index contributed by atoms with van der Waals surface area (Å²) in [5, 5.41) is 6.98. The second kappa shape index (κ2) is 8.79. The Bertz CT molecular complexity index is 979. The highest BCUT2D eigenvalue weighted by Crippen LogP contribution is 2.38. The summed E-state index contributed by atoms with van der Waals surface area (Å²) < 4.78 is 16.0. The molecule has 4 rings (SSSR count). The first-order valence-corrected chi connectivity index (χ1v) is 10.2. The smallest absolute Gasteiger partial charge is 0.246 e. The number of hydrogen-bond acceptors (Lipinski definition) is 6. The zero-order valence-corrected chi connectivity index (χ0v) is 17.3. The molecule has 0 spiro atoms. The molecule has 1 aromatic carbocycles. The zero-order valence-electron chi connectivity index (χ0n) is 16.5. The number of nitrogens with zero attached hydrogens (tertiary/aromatic N) is 2. The van der Waals surface area contributed by atoms with Crippen LogP contribution in [0.1, 0.15) is 24.2 Å². The van der Waals surface area contributed by atoms with Gasteiger partial charge in [0.25, 0.3) is 0 Å². The topological polar surface area (TPSA) is 93.9 Å². The molecule has 1 aromatic heterocycles. The molecule has 1 N–H and O–H groups in total. The molecular weight excluding hydrogens is 410 g/mol. The lowest BCUT2D eigenvalue weighted by molar-refractivity contribution is -0.130. The molecule has 158 valence electrons. The molecule has 0 atom stereocenters. The number of ether oxygens (including phenoxy) is 2. The second-order valence-electron chi connectivity index (χ2n) is 7.27. The molecule has 9 heteroatoms. The van der Waals surface area contributed by atoms with E-state index in [1.165, 1.54) is 6.08 Å². The predicted octanol–water partition coefficient (Wildman–Crippen LogP) is 3.30. The van der Waals surface area contributed by atoms with Gasteiger partial charge in [0.2, 0.25) is 11.8 Å². The molecule has 30 heavy (non-hydrogen) atoms. The summed E-state index contributed by atoms with van der Waals surface area (Å²) in [6, 6.07) is 5.21. The molecule has 2 aliphatic heterocycles. The number of piperidine rings is 1. The van der Waals surface area contributed by atoms with Gasteiger partial charge in [-0.1, -0.05) is 16.8 Å². The van der Waals surface area contributed by atoms with Crippen LogP contribution in [-0.2, 0) is 9.59 Å². The fourth-order valence-corrected chi connectivity index (χ4v) is 3.79. The molecule has 2 aliphatic rings. The van der Waals surface area contributed by atoms with Gasteiger partial charge in [-0.3, -0.25) is 9.59 Å². The number of halogens is 1. The van der Waals surface area contributed by atoms with Gasteiger partial charge in [0.05, 0.1) is 5.02 Å². The van der Waals surface area contributed by atoms with Gasteiger partial charge in [0.1, 0.15) is 19.0 Å². The molecular formula is C21H22ClN3O5. The quantitative estimate of drug-likeness (QED) is 0.746. The van der Waals surface area contributed by atoms with Crippen LogP contribution in [-0.4, -0.2) is 48.2 Å². The number of aryl methyl sites for hydroxylation is 1. The zero-order chi connectivity index (χ0) is 21.1. The Morgan fingerprint density at radius 3 is 2.70 bits per heavy atom. The van der Waals surface area contributed by atoms with Crippen LogP contribution in [0.25, 0.3) is 6.08 Å². The fourth-order valence-electron chi connectivity index (χ4n) is 3.52. The van der Waals surface area contributed by atoms with E-state index in [9.17, 15) is 9.59 Å². The minimum Gasteiger partial charge on any atom is -0.486 e. The minimum atomic E-state index is -0.161. The van der Waals surface area contributed by atoms with Crippen molar-refractivity contribution in [1.82, 2.24) is 10.1 Å². The van der Waals surface area contributed by atoms with Crippen LogP contribution in [0.15, 0.2) is 28.8 Å². The Balaban J connectivity index is 1.31. The Morgan fingerprint density at radius 2 is 1.97 bits per heavy atom. The van der Waals surface area contributed by atoms with Crippen LogP contribution in [0.4, 0.5) is 5.82 Å². The standard InChI is InChI=1S/C21H22ClN3O5/c1-13-10-18(24-30-13)23-21(27)15-4-6-25(7-5-15)19(26)3-2-14-11-16(22)20-17(12-14)28-8-9-29-20/h2-3,10-12,15H,4-9H2,1H3,(H,23,24,27). The first-order chi connectivity index (χ1) is 14.5. The first kappa shape index (κ1) is 20.3. The number of amides is 2. The van der Waals surface area contributed by atoms with Crippen LogP contribution < -0.4 is 14.8 Å². The van der Waals surface area contributed by atoms with Crippen molar-refractivity contribution in [2.75, 3.05) is 31.6 Å². The van der Waals surface area contributed by atoms with Crippen LogP contribution >= 0.6 is 11.6 Å². The number of anilines is 1. The number of carbonyl (C=O) groups excluding carboxylic acids is 2. The van der Waals surface area contributed by atoms with Crippen molar-refractivity contribution in [1.29, 1.82) is 0 Å². The summed E-state index contributed by atoms with van der Waals surface area (Å²) >= 11 is 6.23. The van der Waals surface area contributed by atoms with Crippen molar-refractivity contribution in [3.8, 4) is 11.5 Å². The van der Waals surface area contributed by atoms with E-state index in [4.69, 9.17) is 25.6 Å². The summed E-state index contributed by atoms with van der Waals surface area (Å²) in [6.07, 6.45) is 4.41. The van der Waals surface area contributed by atoms with E-state index in [0.717, 1.165) is 5.56 Å². The van der Waals surface area contributed by atoms with Gasteiger partial charge in [0, 0.05) is 31.1 Å². The molecule has 0 bridgehead atoms. The molecule has 1 fully saturated rings. The number of nitrogens with one attached hydrogen (secondary N) is 1. The maximum Gasteiger partial charge on any atom is 0.246 e. The van der Waals surface area contributed by atoms with E-state index >= 15 is 0 Å². The molecule has 2 aromatic rings. The number of rotatable bonds is 4. The Labute approximate surface area is 178 Å². The van der Waals surface area contributed by atoms with Crippen molar-refractivity contribution < 1.29 is 23.6 Å². The van der Waals surface area contributed by atoms with Gasteiger partial charge in [-0.15, -0.1) is 0 Å². The molecule has 2 amide bonds. The van der Waals surface area contributed by atoms with Gasteiger partial charge in [-0.25, -0.2) is 0 Å². The van der Waals surface area contributed by atoms with E-state index in [2.05, 4.69) is 10.5 Å². The lowest BCUT2D eigenvalue weighted by Crippen LogP contribution is -2.40. The average Bonchev–Trinajstić information content (AvgIpc) is 3.16. The van der Waals surface area contributed by atoms with Crippen molar-refractivity contribution >= 4 is 35.3 Å². The van der Waals surface area contributed by atoms with Crippen LogP contribution in [0, 0.1) is 12.8 Å². The second-order valence-corrected chi connectivity index (χ2v) is 7.68. The molecule has 0 unspecified atom stereocenters. The van der Waals surface area contributed by atoms with Gasteiger partial charge < -0.3 is 24.2 Å². The Kier molecular flexibility index (Phi) is 5.94. The maximum absolute atomic E-state index is 12.5. The summed E-state index contributed by atoms with van der Waals surface area (Å²) in [5.74, 6) is 1.80. The fraction of sp³-hybridized carbons (Fsp3) is 0.381. The molecule has 0 saturated carbocycles. The van der Waals surface area contributed by atoms with E-state index in [1.54, 1.807) is 36.1 Å². The SMILES string of the molecule is Cc1cc(NC(=O)C2CCN(C(=O)C=Cc3cc(Cl)c4c(c3)OCCO4)CC2)no1. The molecule has 8 nitrogen and oxygen atoms in total. The average molecular weight is 432 g/mol. The van der Waals surface area contributed by atoms with Crippen LogP contribution in [0.2, 0.25) is 5.02 Å². The van der Waals surface area contributed by atoms with Gasteiger partial charge >= 0.3 is 0 Å². The first-order valence-electron chi connectivity index (χ1n) is 9.80. The summed E-state index contributed by atoms with van der Waals surface area (Å²) in [7, 11) is 0. The number of hydrogen-bond donors (Lipinski definition) is 1. The van der Waals surface area contributed by atoms with Gasteiger partial charge in [-0.2, -0.15) is 0 Å². The van der Waals surface area contributed by atoms with Crippen molar-refractivity contribution in [3.05, 3.63) is 40.6 Å². The molecule has 0 radical (unpaired) electrons. The third-order valence-electron chi connectivity index (χ3n) is 5.09. The lowest BCUT2D eigenvalue weighted by Gasteiger charge is -2.30. The van der Waals surface area contributed by atoms with Crippen molar-refractivity contribution in [3.63, 3.8) is 0 Å². The maximum atomic E-state index is 12.5.